The summed E-state index contributed by atoms with van der Waals surface area (Å²) in [5.74, 6) is -1.01. The fourth-order valence-electron chi connectivity index (χ4n) is 4.81. The lowest BCUT2D eigenvalue weighted by molar-refractivity contribution is 0.0512. The van der Waals surface area contributed by atoms with Crippen LogP contribution in [0, 0.1) is 11.6 Å². The second-order valence-electron chi connectivity index (χ2n) is 9.79. The Hall–Kier alpha value is -5.22. The van der Waals surface area contributed by atoms with Crippen molar-refractivity contribution in [2.75, 3.05) is 32.5 Å². The average molecular weight is 601 g/mol. The number of aromatic nitrogens is 1. The van der Waals surface area contributed by atoms with E-state index in [2.05, 4.69) is 0 Å². The van der Waals surface area contributed by atoms with Gasteiger partial charge in [0.25, 0.3) is 5.91 Å². The van der Waals surface area contributed by atoms with Gasteiger partial charge in [0.15, 0.2) is 6.79 Å². The summed E-state index contributed by atoms with van der Waals surface area (Å²) < 4.78 is 52.1. The van der Waals surface area contributed by atoms with Crippen LogP contribution in [0.5, 0.6) is 17.2 Å². The Bertz CT molecular complexity index is 1840. The third kappa shape index (κ3) is 6.55. The van der Waals surface area contributed by atoms with Crippen LogP contribution in [-0.2, 0) is 11.3 Å². The summed E-state index contributed by atoms with van der Waals surface area (Å²) in [7, 11) is 3.01. The Morgan fingerprint density at radius 2 is 1.57 bits per heavy atom. The average Bonchev–Trinajstić information content (AvgIpc) is 3.03. The number of nitrogens with zero attached hydrogens (tertiary/aromatic N) is 2. The maximum Gasteiger partial charge on any atom is 0.263 e. The number of carbonyl (C=O) groups is 1. The van der Waals surface area contributed by atoms with Gasteiger partial charge in [-0.15, -0.1) is 0 Å². The lowest BCUT2D eigenvalue weighted by Crippen LogP contribution is -2.35. The summed E-state index contributed by atoms with van der Waals surface area (Å²) in [5, 5.41) is 0.219. The molecule has 0 saturated carbocycles. The van der Waals surface area contributed by atoms with Crippen LogP contribution in [0.1, 0.15) is 22.8 Å². The number of amides is 1. The summed E-state index contributed by atoms with van der Waals surface area (Å²) in [4.78, 5) is 28.8. The summed E-state index contributed by atoms with van der Waals surface area (Å²) in [6, 6.07) is 22.5. The van der Waals surface area contributed by atoms with Crippen LogP contribution in [-0.4, -0.2) is 38.0 Å². The second kappa shape index (κ2) is 13.4. The van der Waals surface area contributed by atoms with Crippen molar-refractivity contribution in [3.8, 4) is 22.9 Å². The molecular formula is C34H30F2N2O6. The molecule has 0 N–H and O–H groups in total. The second-order valence-corrected chi connectivity index (χ2v) is 9.79. The van der Waals surface area contributed by atoms with Gasteiger partial charge >= 0.3 is 0 Å². The van der Waals surface area contributed by atoms with Gasteiger partial charge in [0, 0.05) is 61.3 Å². The molecule has 8 nitrogen and oxygen atoms in total. The molecule has 10 heteroatoms. The molecule has 0 saturated heterocycles. The van der Waals surface area contributed by atoms with E-state index in [1.165, 1.54) is 20.4 Å². The van der Waals surface area contributed by atoms with E-state index in [-0.39, 0.29) is 30.0 Å². The van der Waals surface area contributed by atoms with Gasteiger partial charge in [-0.25, -0.2) is 8.78 Å². The van der Waals surface area contributed by atoms with Gasteiger partial charge in [0.2, 0.25) is 5.43 Å². The highest BCUT2D eigenvalue weighted by Crippen LogP contribution is 2.30. The minimum atomic E-state index is -0.842. The smallest absolute Gasteiger partial charge is 0.263 e. The summed E-state index contributed by atoms with van der Waals surface area (Å²) >= 11 is 0. The molecule has 4 aromatic carbocycles. The lowest BCUT2D eigenvalue weighted by Gasteiger charge is -2.22. The summed E-state index contributed by atoms with van der Waals surface area (Å²) in [6.07, 6.45) is 1.40. The molecule has 1 heterocycles. The number of ether oxygens (including phenoxy) is 4. The Kier molecular flexibility index (Phi) is 9.20. The van der Waals surface area contributed by atoms with Crippen molar-refractivity contribution >= 4 is 22.5 Å². The van der Waals surface area contributed by atoms with Crippen LogP contribution in [0.3, 0.4) is 0 Å². The van der Waals surface area contributed by atoms with Crippen LogP contribution >= 0.6 is 0 Å². The Morgan fingerprint density at radius 3 is 2.25 bits per heavy atom. The third-order valence-corrected chi connectivity index (χ3v) is 6.90. The number of hydrogen-bond acceptors (Lipinski definition) is 6. The predicted octanol–water partition coefficient (Wildman–Crippen LogP) is 6.51. The number of benzene rings is 4. The van der Waals surface area contributed by atoms with Crippen molar-refractivity contribution < 1.29 is 32.5 Å². The van der Waals surface area contributed by atoms with E-state index in [0.717, 1.165) is 22.6 Å². The number of halogens is 2. The molecular weight excluding hydrogens is 570 g/mol. The van der Waals surface area contributed by atoms with E-state index in [4.69, 9.17) is 18.9 Å². The number of carbonyl (C=O) groups excluding carboxylic acids is 1. The Morgan fingerprint density at radius 1 is 0.841 bits per heavy atom. The zero-order chi connectivity index (χ0) is 31.2. The van der Waals surface area contributed by atoms with Crippen molar-refractivity contribution in [1.29, 1.82) is 0 Å². The monoisotopic (exact) mass is 600 g/mol. The maximum absolute atomic E-state index is 14.1. The van der Waals surface area contributed by atoms with Crippen LogP contribution in [0.15, 0.2) is 95.9 Å². The van der Waals surface area contributed by atoms with Crippen molar-refractivity contribution in [3.05, 3.63) is 124 Å². The minimum Gasteiger partial charge on any atom is -0.497 e. The quantitative estimate of drug-likeness (QED) is 0.161. The zero-order valence-electron chi connectivity index (χ0n) is 24.4. The van der Waals surface area contributed by atoms with E-state index in [1.54, 1.807) is 47.9 Å². The highest BCUT2D eigenvalue weighted by atomic mass is 19.1. The third-order valence-electron chi connectivity index (χ3n) is 6.90. The van der Waals surface area contributed by atoms with E-state index >= 15 is 0 Å². The number of fused-ring (bicyclic) bond motifs is 1. The number of rotatable bonds is 11. The molecule has 0 radical (unpaired) electrons. The first-order valence-corrected chi connectivity index (χ1v) is 13.8. The van der Waals surface area contributed by atoms with Gasteiger partial charge in [-0.05, 0) is 36.8 Å². The summed E-state index contributed by atoms with van der Waals surface area (Å²) in [5.41, 5.74) is 1.15. The Balaban J connectivity index is 1.67. The van der Waals surface area contributed by atoms with Gasteiger partial charge in [0.05, 0.1) is 18.3 Å². The standard InChI is InChI=1S/C34H30F2N2O6/c1-4-37(25-13-23(35)12-24(36)14-25)34(40)31-19-38(32-18-27(44-21-41-2)10-11-30(32)33(31)39)26-15-28(42-3)17-29(16-26)43-20-22-8-6-5-7-9-22/h5-19H,4,20-21H2,1-3H3. The number of hydrogen-bond donors (Lipinski definition) is 0. The van der Waals surface area contributed by atoms with Crippen LogP contribution in [0.25, 0.3) is 16.6 Å². The molecule has 1 amide bonds. The van der Waals surface area contributed by atoms with E-state index in [9.17, 15) is 18.4 Å². The molecule has 44 heavy (non-hydrogen) atoms. The normalized spacial score (nSPS) is 10.9. The summed E-state index contributed by atoms with van der Waals surface area (Å²) in [6.45, 7) is 1.99. The molecule has 226 valence electrons. The van der Waals surface area contributed by atoms with E-state index in [1.807, 2.05) is 30.3 Å². The highest BCUT2D eigenvalue weighted by molar-refractivity contribution is 6.07. The largest absolute Gasteiger partial charge is 0.497 e. The van der Waals surface area contributed by atoms with Crippen LogP contribution in [0.2, 0.25) is 0 Å². The van der Waals surface area contributed by atoms with Crippen molar-refractivity contribution in [1.82, 2.24) is 4.57 Å². The molecule has 5 aromatic rings. The number of pyridine rings is 1. The van der Waals surface area contributed by atoms with Crippen molar-refractivity contribution in [2.24, 2.45) is 0 Å². The molecule has 1 aromatic heterocycles. The van der Waals surface area contributed by atoms with E-state index in [0.29, 0.717) is 41.1 Å². The molecule has 0 aliphatic carbocycles. The number of anilines is 1. The molecule has 0 bridgehead atoms. The molecule has 0 fully saturated rings. The SMILES string of the molecule is CCN(C(=O)c1cn(-c2cc(OC)cc(OCc3ccccc3)c2)c2cc(OCOC)ccc2c1=O)c1cc(F)cc(F)c1. The lowest BCUT2D eigenvalue weighted by atomic mass is 10.1. The van der Waals surface area contributed by atoms with Gasteiger partial charge in [0.1, 0.15) is 41.1 Å². The first kappa shape index (κ1) is 30.2. The molecule has 0 unspecified atom stereocenters. The molecule has 0 aliphatic rings. The minimum absolute atomic E-state index is 0.0117. The van der Waals surface area contributed by atoms with Gasteiger partial charge in [-0.2, -0.15) is 0 Å². The topological polar surface area (TPSA) is 79.2 Å². The van der Waals surface area contributed by atoms with E-state index < -0.39 is 23.0 Å². The van der Waals surface area contributed by atoms with Crippen molar-refractivity contribution in [2.45, 2.75) is 13.5 Å². The first-order valence-electron chi connectivity index (χ1n) is 13.8. The van der Waals surface area contributed by atoms with Crippen LogP contribution < -0.4 is 24.5 Å². The molecule has 0 aliphatic heterocycles. The zero-order valence-corrected chi connectivity index (χ0v) is 24.4. The molecule has 0 spiro atoms. The number of methoxy groups -OCH3 is 2. The fraction of sp³-hybridized carbons (Fsp3) is 0.176. The van der Waals surface area contributed by atoms with Crippen molar-refractivity contribution in [3.63, 3.8) is 0 Å². The van der Waals surface area contributed by atoms with Crippen LogP contribution in [0.4, 0.5) is 14.5 Å². The molecule has 0 atom stereocenters. The van der Waals surface area contributed by atoms with Gasteiger partial charge in [-0.3, -0.25) is 9.59 Å². The Labute approximate surface area is 252 Å². The van der Waals surface area contributed by atoms with Gasteiger partial charge in [-0.1, -0.05) is 30.3 Å². The first-order chi connectivity index (χ1) is 21.3. The molecule has 5 rings (SSSR count). The fourth-order valence-corrected chi connectivity index (χ4v) is 4.81. The highest BCUT2D eigenvalue weighted by Gasteiger charge is 2.24. The van der Waals surface area contributed by atoms with Gasteiger partial charge < -0.3 is 28.4 Å². The maximum atomic E-state index is 14.1. The predicted molar refractivity (Wildman–Crippen MR) is 163 cm³/mol.